The van der Waals surface area contributed by atoms with Crippen LogP contribution in [0.3, 0.4) is 0 Å². The number of imidazole rings is 1. The van der Waals surface area contributed by atoms with Crippen molar-refractivity contribution in [3.63, 3.8) is 0 Å². The zero-order valence-electron chi connectivity index (χ0n) is 39.0. The summed E-state index contributed by atoms with van der Waals surface area (Å²) < 4.78 is 70.3. The largest absolute Gasteiger partial charge is 0.460 e. The Labute approximate surface area is 399 Å². The van der Waals surface area contributed by atoms with E-state index in [9.17, 15) is 32.3 Å². The highest BCUT2D eigenvalue weighted by molar-refractivity contribution is 6.31. The van der Waals surface area contributed by atoms with Gasteiger partial charge in [-0.15, -0.1) is 0 Å². The lowest BCUT2D eigenvalue weighted by Gasteiger charge is -2.49. The lowest BCUT2D eigenvalue weighted by atomic mass is 9.81. The molecule has 1 saturated heterocycles. The van der Waals surface area contributed by atoms with E-state index in [1.54, 1.807) is 70.3 Å². The van der Waals surface area contributed by atoms with Crippen LogP contribution in [-0.2, 0) is 50.5 Å². The van der Waals surface area contributed by atoms with Gasteiger partial charge in [0.05, 0.1) is 55.3 Å². The van der Waals surface area contributed by atoms with Gasteiger partial charge in [-0.25, -0.2) is 9.37 Å². The summed E-state index contributed by atoms with van der Waals surface area (Å²) in [6.07, 6.45) is -4.37. The molecular weight excluding hydrogens is 917 g/mol. The van der Waals surface area contributed by atoms with Gasteiger partial charge in [-0.05, 0) is 115 Å². The molecule has 1 aliphatic rings. The summed E-state index contributed by atoms with van der Waals surface area (Å²) in [7, 11) is 7.39. The molecule has 0 radical (unpaired) electrons. The third kappa shape index (κ3) is 14.9. The number of ether oxygens (including phenoxy) is 2. The lowest BCUT2D eigenvalue weighted by molar-refractivity contribution is -0.170. The van der Waals surface area contributed by atoms with Gasteiger partial charge in [0.1, 0.15) is 28.7 Å². The minimum Gasteiger partial charge on any atom is -0.460 e. The van der Waals surface area contributed by atoms with Crippen LogP contribution in [0, 0.1) is 11.7 Å². The van der Waals surface area contributed by atoms with Crippen LogP contribution >= 0.6 is 23.2 Å². The van der Waals surface area contributed by atoms with E-state index in [1.165, 1.54) is 22.9 Å². The molecule has 0 unspecified atom stereocenters. The van der Waals surface area contributed by atoms with Gasteiger partial charge in [-0.3, -0.25) is 19.2 Å². The number of benzene rings is 3. The number of rotatable bonds is 18. The number of hydrogen-bond donors (Lipinski definition) is 2. The number of amides is 3. The van der Waals surface area contributed by atoms with Crippen molar-refractivity contribution < 1.29 is 46.2 Å². The maximum absolute atomic E-state index is 15.5. The molecule has 13 nitrogen and oxygen atoms in total. The number of alkyl halides is 3. The van der Waals surface area contributed by atoms with Crippen molar-refractivity contribution in [2.75, 3.05) is 40.8 Å². The third-order valence-corrected chi connectivity index (χ3v) is 12.0. The van der Waals surface area contributed by atoms with Crippen LogP contribution in [0.2, 0.25) is 10.0 Å². The van der Waals surface area contributed by atoms with Gasteiger partial charge in [-0.2, -0.15) is 13.2 Å². The van der Waals surface area contributed by atoms with Crippen molar-refractivity contribution in [2.45, 2.75) is 96.2 Å². The number of carbonyl (C=O) groups is 4. The predicted octanol–water partition coefficient (Wildman–Crippen LogP) is 8.34. The number of nitrogens with zero attached hydrogens (tertiary/aromatic N) is 5. The van der Waals surface area contributed by atoms with Crippen molar-refractivity contribution in [2.24, 2.45) is 13.0 Å². The summed E-state index contributed by atoms with van der Waals surface area (Å²) in [6, 6.07) is 15.7. The van der Waals surface area contributed by atoms with E-state index >= 15 is 4.39 Å². The van der Waals surface area contributed by atoms with Crippen LogP contribution in [0.4, 0.5) is 17.6 Å². The van der Waals surface area contributed by atoms with Gasteiger partial charge in [0.2, 0.25) is 17.7 Å². The van der Waals surface area contributed by atoms with Crippen LogP contribution in [-0.4, -0.2) is 112 Å². The predicted molar refractivity (Wildman–Crippen MR) is 248 cm³/mol. The third-order valence-electron chi connectivity index (χ3n) is 11.5. The number of halogens is 6. The zero-order valence-corrected chi connectivity index (χ0v) is 40.5. The number of hydrogen-bond acceptors (Lipinski definition) is 9. The number of likely N-dealkylation sites (N-methyl/N-ethyl adjacent to an activating group) is 1. The standard InChI is InChI=1S/C48H59Cl2F4N7O6/c1-30(55-25-37-38(51)21-35(50)22-40(37)66-36-16-12-32(13-17-36)39-26-56-41(59(39)7)28-58(5)6)44(64)57-27-42(62)60(8)47(23-31-10-14-34(49)15-11-31)18-9-19-61(29-47)45(65)33(24-48(52,53)54)20-43(63)67-46(2,3)4/h10-17,21-22,26,30,33,55H,9,18-20,23-25,27-29H2,1-8H3,(H,57,64)/t30-,33-,47+/m0/s1. The molecule has 2 heterocycles. The van der Waals surface area contributed by atoms with E-state index in [2.05, 4.69) is 15.6 Å². The van der Waals surface area contributed by atoms with Crippen LogP contribution in [0.15, 0.2) is 66.9 Å². The molecule has 3 aromatic carbocycles. The first-order valence-electron chi connectivity index (χ1n) is 21.8. The Hall–Kier alpha value is -5.23. The van der Waals surface area contributed by atoms with E-state index in [0.717, 1.165) is 28.7 Å². The highest BCUT2D eigenvalue weighted by Gasteiger charge is 2.46. The Morgan fingerprint density at radius 1 is 0.970 bits per heavy atom. The van der Waals surface area contributed by atoms with Gasteiger partial charge < -0.3 is 39.4 Å². The molecular formula is C48H59Cl2F4N7O6. The molecule has 0 saturated carbocycles. The van der Waals surface area contributed by atoms with E-state index < -0.39 is 78.2 Å². The fourth-order valence-electron chi connectivity index (χ4n) is 8.04. The Morgan fingerprint density at radius 3 is 2.27 bits per heavy atom. The van der Waals surface area contributed by atoms with Crippen molar-refractivity contribution in [3.05, 3.63) is 99.7 Å². The second-order valence-corrected chi connectivity index (χ2v) is 19.2. The second kappa shape index (κ2) is 22.3. The van der Waals surface area contributed by atoms with Gasteiger partial charge in [0.25, 0.3) is 0 Å². The molecule has 4 aromatic rings. The lowest BCUT2D eigenvalue weighted by Crippen LogP contribution is -2.63. The zero-order chi connectivity index (χ0) is 49.4. The molecule has 0 aliphatic carbocycles. The summed E-state index contributed by atoms with van der Waals surface area (Å²) >= 11 is 12.4. The molecule has 19 heteroatoms. The SMILES string of the molecule is C[C@H](NCc1c(F)cc(Cl)cc1Oc1ccc(-c2cnc(CN(C)C)n2C)cc1)C(=O)NCC(=O)N(C)[C@@]1(Cc2ccc(Cl)cc2)CCCN(C(=O)[C@@H](CC(=O)OC(C)(C)C)CC(F)(F)F)C1. The fraction of sp³-hybridized carbons (Fsp3) is 0.479. The first-order valence-corrected chi connectivity index (χ1v) is 22.6. The topological polar surface area (TPSA) is 138 Å². The number of carbonyl (C=O) groups excluding carboxylic acids is 4. The molecule has 1 aromatic heterocycles. The van der Waals surface area contributed by atoms with Crippen LogP contribution in [0.5, 0.6) is 11.5 Å². The molecule has 3 atom stereocenters. The Kier molecular flexibility index (Phi) is 17.5. The van der Waals surface area contributed by atoms with Crippen molar-refractivity contribution in [1.29, 1.82) is 0 Å². The summed E-state index contributed by atoms with van der Waals surface area (Å²) in [5, 5.41) is 6.19. The number of esters is 1. The summed E-state index contributed by atoms with van der Waals surface area (Å²) in [5.74, 6) is -3.90. The highest BCUT2D eigenvalue weighted by atomic mass is 35.5. The molecule has 0 spiro atoms. The number of aromatic nitrogens is 2. The molecule has 1 aliphatic heterocycles. The summed E-state index contributed by atoms with van der Waals surface area (Å²) in [6.45, 7) is 6.28. The molecule has 5 rings (SSSR count). The Morgan fingerprint density at radius 2 is 1.64 bits per heavy atom. The summed E-state index contributed by atoms with van der Waals surface area (Å²) in [4.78, 5) is 63.3. The first kappa shape index (κ1) is 52.7. The number of likely N-dealkylation sites (tertiary alicyclic amines) is 1. The second-order valence-electron chi connectivity index (χ2n) is 18.3. The van der Waals surface area contributed by atoms with Crippen molar-refractivity contribution in [1.82, 2.24) is 34.9 Å². The minimum absolute atomic E-state index is 0.101. The molecule has 364 valence electrons. The minimum atomic E-state index is -4.75. The van der Waals surface area contributed by atoms with E-state index in [-0.39, 0.29) is 42.4 Å². The normalized spacial score (nSPS) is 16.4. The van der Waals surface area contributed by atoms with Crippen molar-refractivity contribution >= 4 is 46.9 Å². The monoisotopic (exact) mass is 975 g/mol. The van der Waals surface area contributed by atoms with Crippen LogP contribution in [0.1, 0.15) is 70.3 Å². The molecule has 67 heavy (non-hydrogen) atoms. The molecule has 0 bridgehead atoms. The van der Waals surface area contributed by atoms with Crippen LogP contribution < -0.4 is 15.4 Å². The average molecular weight is 977 g/mol. The smallest absolute Gasteiger partial charge is 0.389 e. The quantitative estimate of drug-likeness (QED) is 0.0745. The van der Waals surface area contributed by atoms with Gasteiger partial charge in [0.15, 0.2) is 0 Å². The fourth-order valence-corrected chi connectivity index (χ4v) is 8.36. The average Bonchev–Trinajstić information content (AvgIpc) is 3.59. The van der Waals surface area contributed by atoms with Gasteiger partial charge in [-0.1, -0.05) is 35.3 Å². The van der Waals surface area contributed by atoms with E-state index in [4.69, 9.17) is 32.7 Å². The maximum atomic E-state index is 15.5. The number of nitrogens with one attached hydrogen (secondary N) is 2. The highest BCUT2D eigenvalue weighted by Crippen LogP contribution is 2.36. The van der Waals surface area contributed by atoms with E-state index in [1.807, 2.05) is 42.7 Å². The van der Waals surface area contributed by atoms with Crippen LogP contribution in [0.25, 0.3) is 11.3 Å². The maximum Gasteiger partial charge on any atom is 0.389 e. The Balaban J connectivity index is 1.26. The number of piperidine rings is 1. The van der Waals surface area contributed by atoms with Gasteiger partial charge in [0, 0.05) is 54.9 Å². The first-order chi connectivity index (χ1) is 31.3. The van der Waals surface area contributed by atoms with E-state index in [0.29, 0.717) is 30.2 Å². The molecule has 1 fully saturated rings. The summed E-state index contributed by atoms with van der Waals surface area (Å²) in [5.41, 5.74) is 0.547. The molecule has 3 amide bonds. The Bertz CT molecular complexity index is 2370. The van der Waals surface area contributed by atoms with Crippen molar-refractivity contribution in [3.8, 4) is 22.8 Å². The van der Waals surface area contributed by atoms with Gasteiger partial charge >= 0.3 is 12.1 Å². The molecule has 2 N–H and O–H groups in total.